The molecule has 0 aliphatic rings. The zero-order valence-electron chi connectivity index (χ0n) is 8.38. The second-order valence-corrected chi connectivity index (χ2v) is 7.52. The van der Waals surface area contributed by atoms with E-state index in [1.54, 1.807) is 0 Å². The van der Waals surface area contributed by atoms with Gasteiger partial charge in [0.1, 0.15) is 8.07 Å². The zero-order valence-corrected chi connectivity index (χ0v) is 9.38. The van der Waals surface area contributed by atoms with E-state index in [4.69, 9.17) is 0 Å². The Balaban J connectivity index is 3.13. The maximum atomic E-state index is 3.89. The smallest absolute Gasteiger partial charge is 0.106 e. The molecule has 68 valence electrons. The quantitative estimate of drug-likeness (QED) is 0.640. The Labute approximate surface area is 81.6 Å². The van der Waals surface area contributed by atoms with Gasteiger partial charge in [0.05, 0.1) is 0 Å². The Morgan fingerprint density at radius 3 is 1.92 bits per heavy atom. The van der Waals surface area contributed by atoms with Crippen LogP contribution in [-0.2, 0) is 0 Å². The molecule has 0 nitrogen and oxygen atoms in total. The molecule has 0 saturated heterocycles. The lowest BCUT2D eigenvalue weighted by Gasteiger charge is -2.18. The van der Waals surface area contributed by atoms with E-state index >= 15 is 0 Å². The predicted molar refractivity (Wildman–Crippen MR) is 62.8 cm³/mol. The Morgan fingerprint density at radius 1 is 1.08 bits per heavy atom. The fraction of sp³-hybridized carbons (Fsp3) is 0.167. The SMILES string of the molecule is C=C[Si](C)(C=C)c1ccc(C)cc1. The molecule has 0 heterocycles. The van der Waals surface area contributed by atoms with Gasteiger partial charge in [-0.25, -0.2) is 0 Å². The van der Waals surface area contributed by atoms with Crippen molar-refractivity contribution in [2.45, 2.75) is 13.5 Å². The van der Waals surface area contributed by atoms with Crippen LogP contribution in [0.1, 0.15) is 5.56 Å². The number of rotatable bonds is 3. The molecule has 1 rings (SSSR count). The van der Waals surface area contributed by atoms with Gasteiger partial charge in [0, 0.05) is 0 Å². The van der Waals surface area contributed by atoms with Crippen molar-refractivity contribution in [1.29, 1.82) is 0 Å². The maximum Gasteiger partial charge on any atom is 0.129 e. The lowest BCUT2D eigenvalue weighted by atomic mass is 10.2. The second kappa shape index (κ2) is 3.75. The summed E-state index contributed by atoms with van der Waals surface area (Å²) in [5, 5.41) is 1.38. The minimum Gasteiger partial charge on any atom is -0.106 e. The van der Waals surface area contributed by atoms with Crippen molar-refractivity contribution < 1.29 is 0 Å². The molecule has 1 heteroatoms. The van der Waals surface area contributed by atoms with E-state index in [-0.39, 0.29) is 0 Å². The largest absolute Gasteiger partial charge is 0.129 e. The summed E-state index contributed by atoms with van der Waals surface area (Å²) in [5.74, 6) is 0. The molecule has 0 spiro atoms. The molecule has 1 aromatic rings. The molecule has 0 amide bonds. The van der Waals surface area contributed by atoms with E-state index in [1.807, 2.05) is 0 Å². The predicted octanol–water partition coefficient (Wildman–Crippen LogP) is 2.73. The Bertz CT molecular complexity index is 300. The van der Waals surface area contributed by atoms with Gasteiger partial charge < -0.3 is 0 Å². The van der Waals surface area contributed by atoms with Crippen LogP contribution < -0.4 is 5.19 Å². The van der Waals surface area contributed by atoms with Gasteiger partial charge >= 0.3 is 0 Å². The molecule has 0 bridgehead atoms. The normalized spacial score (nSPS) is 10.9. The van der Waals surface area contributed by atoms with Crippen LogP contribution in [0.4, 0.5) is 0 Å². The van der Waals surface area contributed by atoms with Crippen LogP contribution >= 0.6 is 0 Å². The Hall–Kier alpha value is -1.08. The zero-order chi connectivity index (χ0) is 9.90. The van der Waals surface area contributed by atoms with Gasteiger partial charge in [-0.3, -0.25) is 0 Å². The van der Waals surface area contributed by atoms with Gasteiger partial charge in [-0.1, -0.05) is 53.0 Å². The Morgan fingerprint density at radius 2 is 1.54 bits per heavy atom. The number of aryl methyl sites for hydroxylation is 1. The van der Waals surface area contributed by atoms with Crippen LogP contribution in [0, 0.1) is 6.92 Å². The van der Waals surface area contributed by atoms with Crippen molar-refractivity contribution in [2.24, 2.45) is 0 Å². The van der Waals surface area contributed by atoms with Gasteiger partial charge in [0.25, 0.3) is 0 Å². The van der Waals surface area contributed by atoms with E-state index in [2.05, 4.69) is 62.3 Å². The molecule has 1 aromatic carbocycles. The molecule has 0 fully saturated rings. The third-order valence-electron chi connectivity index (χ3n) is 2.52. The first-order valence-corrected chi connectivity index (χ1v) is 7.12. The molecule has 0 aromatic heterocycles. The van der Waals surface area contributed by atoms with Crippen molar-refractivity contribution in [3.8, 4) is 0 Å². The van der Waals surface area contributed by atoms with E-state index in [0.29, 0.717) is 0 Å². The van der Waals surface area contributed by atoms with E-state index in [1.165, 1.54) is 10.8 Å². The summed E-state index contributed by atoms with van der Waals surface area (Å²) < 4.78 is 0. The molecule has 0 aliphatic heterocycles. The molecule has 0 radical (unpaired) electrons. The monoisotopic (exact) mass is 188 g/mol. The molecule has 0 atom stereocenters. The molecule has 13 heavy (non-hydrogen) atoms. The first-order valence-electron chi connectivity index (χ1n) is 4.47. The molecular formula is C12H16Si. The van der Waals surface area contributed by atoms with Crippen molar-refractivity contribution >= 4 is 13.3 Å². The summed E-state index contributed by atoms with van der Waals surface area (Å²) in [6.45, 7) is 12.1. The average Bonchev–Trinajstić information content (AvgIpc) is 2.18. The van der Waals surface area contributed by atoms with E-state index < -0.39 is 8.07 Å². The van der Waals surface area contributed by atoms with Gasteiger partial charge in [-0.2, -0.15) is 0 Å². The summed E-state index contributed by atoms with van der Waals surface area (Å²) in [7, 11) is -1.57. The second-order valence-electron chi connectivity index (χ2n) is 3.56. The lowest BCUT2D eigenvalue weighted by molar-refractivity contribution is 1.49. The van der Waals surface area contributed by atoms with Crippen molar-refractivity contribution in [3.63, 3.8) is 0 Å². The molecule has 0 saturated carbocycles. The van der Waals surface area contributed by atoms with Crippen LogP contribution in [0.3, 0.4) is 0 Å². The molecule has 0 N–H and O–H groups in total. The number of hydrogen-bond acceptors (Lipinski definition) is 0. The highest BCUT2D eigenvalue weighted by Crippen LogP contribution is 2.06. The summed E-state index contributed by atoms with van der Waals surface area (Å²) in [4.78, 5) is 0. The van der Waals surface area contributed by atoms with Gasteiger partial charge in [0.15, 0.2) is 0 Å². The van der Waals surface area contributed by atoms with Gasteiger partial charge in [0.2, 0.25) is 0 Å². The number of hydrogen-bond donors (Lipinski definition) is 0. The summed E-state index contributed by atoms with van der Waals surface area (Å²) in [6.07, 6.45) is 0. The van der Waals surface area contributed by atoms with Gasteiger partial charge in [-0.15, -0.1) is 13.2 Å². The van der Waals surface area contributed by atoms with E-state index in [9.17, 15) is 0 Å². The minimum atomic E-state index is -1.57. The maximum absolute atomic E-state index is 3.89. The number of benzene rings is 1. The van der Waals surface area contributed by atoms with E-state index in [0.717, 1.165) is 0 Å². The van der Waals surface area contributed by atoms with Crippen molar-refractivity contribution in [3.05, 3.63) is 54.4 Å². The highest BCUT2D eigenvalue weighted by Gasteiger charge is 2.20. The topological polar surface area (TPSA) is 0 Å². The van der Waals surface area contributed by atoms with Crippen molar-refractivity contribution in [1.82, 2.24) is 0 Å². The summed E-state index contributed by atoms with van der Waals surface area (Å²) in [6, 6.07) is 8.66. The third kappa shape index (κ3) is 1.98. The van der Waals surface area contributed by atoms with Crippen LogP contribution in [0.15, 0.2) is 48.8 Å². The summed E-state index contributed by atoms with van der Waals surface area (Å²) in [5.41, 5.74) is 5.42. The van der Waals surface area contributed by atoms with Crippen LogP contribution in [0.2, 0.25) is 6.55 Å². The summed E-state index contributed by atoms with van der Waals surface area (Å²) >= 11 is 0. The average molecular weight is 188 g/mol. The lowest BCUT2D eigenvalue weighted by Crippen LogP contribution is -2.40. The van der Waals surface area contributed by atoms with Gasteiger partial charge in [-0.05, 0) is 6.92 Å². The fourth-order valence-electron chi connectivity index (χ4n) is 1.23. The standard InChI is InChI=1S/C12H16Si/c1-5-13(4,6-2)12-9-7-11(3)8-10-12/h5-10H,1-2H2,3-4H3. The Kier molecular flexibility index (Phi) is 2.89. The highest BCUT2D eigenvalue weighted by atomic mass is 28.3. The first-order chi connectivity index (χ1) is 6.12. The molecular weight excluding hydrogens is 172 g/mol. The van der Waals surface area contributed by atoms with Crippen LogP contribution in [-0.4, -0.2) is 8.07 Å². The molecule has 0 aliphatic carbocycles. The van der Waals surface area contributed by atoms with Crippen molar-refractivity contribution in [2.75, 3.05) is 0 Å². The third-order valence-corrected chi connectivity index (χ3v) is 5.80. The van der Waals surface area contributed by atoms with Crippen LogP contribution in [0.5, 0.6) is 0 Å². The minimum absolute atomic E-state index is 1.30. The van der Waals surface area contributed by atoms with Crippen LogP contribution in [0.25, 0.3) is 0 Å². The first kappa shape index (κ1) is 10.0. The fourth-order valence-corrected chi connectivity index (χ4v) is 2.75. The highest BCUT2D eigenvalue weighted by molar-refractivity contribution is 6.98. The molecule has 0 unspecified atom stereocenters.